The number of hydrogen-bond acceptors (Lipinski definition) is 3. The third-order valence-corrected chi connectivity index (χ3v) is 2.68. The Morgan fingerprint density at radius 1 is 1.35 bits per heavy atom. The van der Waals surface area contributed by atoms with E-state index in [0.717, 1.165) is 5.56 Å². The van der Waals surface area contributed by atoms with Crippen LogP contribution in [0.1, 0.15) is 25.3 Å². The summed E-state index contributed by atoms with van der Waals surface area (Å²) >= 11 is 0. The second-order valence-corrected chi connectivity index (χ2v) is 4.72. The maximum atomic E-state index is 11.2. The molecular weight excluding hydrogens is 218 g/mol. The first-order chi connectivity index (χ1) is 7.96. The van der Waals surface area contributed by atoms with Crippen molar-refractivity contribution >= 4 is 5.97 Å². The first-order valence-electron chi connectivity index (χ1n) is 5.60. The molecule has 4 nitrogen and oxygen atoms in total. The predicted molar refractivity (Wildman–Crippen MR) is 66.0 cm³/mol. The molecule has 0 spiro atoms. The Bertz CT molecular complexity index is 362. The van der Waals surface area contributed by atoms with Crippen molar-refractivity contribution in [2.75, 3.05) is 13.2 Å². The van der Waals surface area contributed by atoms with Gasteiger partial charge in [0.15, 0.2) is 0 Å². The van der Waals surface area contributed by atoms with Gasteiger partial charge in [0, 0.05) is 12.1 Å². The van der Waals surface area contributed by atoms with E-state index in [1.54, 1.807) is 12.1 Å². The van der Waals surface area contributed by atoms with Crippen LogP contribution >= 0.6 is 0 Å². The monoisotopic (exact) mass is 237 g/mol. The van der Waals surface area contributed by atoms with Crippen LogP contribution in [0.3, 0.4) is 0 Å². The Labute approximate surface area is 101 Å². The molecule has 0 heterocycles. The summed E-state index contributed by atoms with van der Waals surface area (Å²) in [5.74, 6) is -1.46. The number of carboxylic acid groups (broad SMARTS) is 1. The van der Waals surface area contributed by atoms with Gasteiger partial charge in [0.2, 0.25) is 0 Å². The molecule has 0 aromatic heterocycles. The van der Waals surface area contributed by atoms with Crippen LogP contribution in [0.15, 0.2) is 30.3 Å². The third kappa shape index (κ3) is 4.17. The molecule has 1 aromatic carbocycles. The summed E-state index contributed by atoms with van der Waals surface area (Å²) < 4.78 is 0. The molecule has 1 rings (SSSR count). The number of aliphatic carboxylic acids is 1. The van der Waals surface area contributed by atoms with Gasteiger partial charge >= 0.3 is 5.97 Å². The summed E-state index contributed by atoms with van der Waals surface area (Å²) in [4.78, 5) is 11.2. The van der Waals surface area contributed by atoms with Gasteiger partial charge in [-0.1, -0.05) is 30.3 Å². The zero-order valence-electron chi connectivity index (χ0n) is 10.2. The fraction of sp³-hybridized carbons (Fsp3) is 0.462. The molecule has 94 valence electrons. The van der Waals surface area contributed by atoms with Crippen LogP contribution in [0.2, 0.25) is 0 Å². The minimum Gasteiger partial charge on any atom is -0.481 e. The average Bonchev–Trinajstić information content (AvgIpc) is 2.30. The Balaban J connectivity index is 2.72. The van der Waals surface area contributed by atoms with Gasteiger partial charge in [-0.05, 0) is 19.4 Å². The minimum atomic E-state index is -0.863. The Hall–Kier alpha value is -1.39. The molecule has 0 aliphatic rings. The van der Waals surface area contributed by atoms with Crippen molar-refractivity contribution in [3.8, 4) is 0 Å². The normalized spacial score (nSPS) is 13.4. The first-order valence-corrected chi connectivity index (χ1v) is 5.60. The van der Waals surface area contributed by atoms with E-state index in [9.17, 15) is 9.90 Å². The lowest BCUT2D eigenvalue weighted by Crippen LogP contribution is -2.45. The second kappa shape index (κ2) is 5.80. The van der Waals surface area contributed by atoms with Crippen molar-refractivity contribution in [3.63, 3.8) is 0 Å². The van der Waals surface area contributed by atoms with E-state index >= 15 is 0 Å². The number of rotatable bonds is 6. The molecular formula is C13H19NO3. The Morgan fingerprint density at radius 2 is 1.94 bits per heavy atom. The molecule has 1 atom stereocenters. The van der Waals surface area contributed by atoms with Gasteiger partial charge in [0.05, 0.1) is 12.5 Å². The summed E-state index contributed by atoms with van der Waals surface area (Å²) in [6.07, 6.45) is 0. The molecule has 1 unspecified atom stereocenters. The van der Waals surface area contributed by atoms with Gasteiger partial charge in [0.1, 0.15) is 0 Å². The topological polar surface area (TPSA) is 69.6 Å². The van der Waals surface area contributed by atoms with E-state index in [1.807, 2.05) is 32.0 Å². The van der Waals surface area contributed by atoms with Crippen LogP contribution in [-0.4, -0.2) is 34.9 Å². The van der Waals surface area contributed by atoms with Gasteiger partial charge in [-0.25, -0.2) is 0 Å². The van der Waals surface area contributed by atoms with Crippen LogP contribution < -0.4 is 5.32 Å². The molecule has 0 saturated carbocycles. The fourth-order valence-corrected chi connectivity index (χ4v) is 1.47. The molecule has 4 heteroatoms. The van der Waals surface area contributed by atoms with E-state index in [2.05, 4.69) is 5.32 Å². The van der Waals surface area contributed by atoms with Gasteiger partial charge in [0.25, 0.3) is 0 Å². The molecule has 17 heavy (non-hydrogen) atoms. The lowest BCUT2D eigenvalue weighted by molar-refractivity contribution is -0.138. The molecule has 0 aliphatic heterocycles. The fourth-order valence-electron chi connectivity index (χ4n) is 1.47. The Kier molecular flexibility index (Phi) is 4.66. The van der Waals surface area contributed by atoms with Crippen molar-refractivity contribution < 1.29 is 15.0 Å². The summed E-state index contributed by atoms with van der Waals surface area (Å²) in [5, 5.41) is 21.4. The molecule has 0 amide bonds. The number of carboxylic acids is 1. The molecule has 1 aromatic rings. The summed E-state index contributed by atoms with van der Waals surface area (Å²) in [6, 6.07) is 9.09. The first kappa shape index (κ1) is 13.7. The molecule has 0 radical (unpaired) electrons. The van der Waals surface area contributed by atoms with Crippen LogP contribution in [0.5, 0.6) is 0 Å². The van der Waals surface area contributed by atoms with E-state index < -0.39 is 17.4 Å². The number of aliphatic hydroxyl groups is 1. The molecule has 0 fully saturated rings. The SMILES string of the molecule is CC(C)(CO)NCC(C(=O)O)c1ccccc1. The summed E-state index contributed by atoms with van der Waals surface area (Å²) in [5.41, 5.74) is 0.295. The zero-order valence-corrected chi connectivity index (χ0v) is 10.2. The molecule has 3 N–H and O–H groups in total. The summed E-state index contributed by atoms with van der Waals surface area (Å²) in [7, 11) is 0. The highest BCUT2D eigenvalue weighted by Gasteiger charge is 2.23. The van der Waals surface area contributed by atoms with E-state index in [4.69, 9.17) is 5.11 Å². The zero-order chi connectivity index (χ0) is 12.9. The number of aliphatic hydroxyl groups excluding tert-OH is 1. The average molecular weight is 237 g/mol. The molecule has 0 aliphatic carbocycles. The number of carbonyl (C=O) groups is 1. The predicted octanol–water partition coefficient (Wildman–Crippen LogP) is 1.22. The molecule has 0 saturated heterocycles. The van der Waals surface area contributed by atoms with Crippen molar-refractivity contribution in [1.82, 2.24) is 5.32 Å². The van der Waals surface area contributed by atoms with Crippen LogP contribution in [0, 0.1) is 0 Å². The largest absolute Gasteiger partial charge is 0.481 e. The molecule has 0 bridgehead atoms. The number of nitrogens with one attached hydrogen (secondary N) is 1. The van der Waals surface area contributed by atoms with Crippen molar-refractivity contribution in [2.24, 2.45) is 0 Å². The van der Waals surface area contributed by atoms with Gasteiger partial charge in [-0.15, -0.1) is 0 Å². The maximum absolute atomic E-state index is 11.2. The standard InChI is InChI=1S/C13H19NO3/c1-13(2,9-15)14-8-11(12(16)17)10-6-4-3-5-7-10/h3-7,11,14-15H,8-9H2,1-2H3,(H,16,17). The van der Waals surface area contributed by atoms with E-state index in [-0.39, 0.29) is 6.61 Å². The highest BCUT2D eigenvalue weighted by molar-refractivity contribution is 5.76. The maximum Gasteiger partial charge on any atom is 0.312 e. The van der Waals surface area contributed by atoms with Crippen LogP contribution in [0.25, 0.3) is 0 Å². The lowest BCUT2D eigenvalue weighted by Gasteiger charge is -2.25. The van der Waals surface area contributed by atoms with Crippen LogP contribution in [0.4, 0.5) is 0 Å². The highest BCUT2D eigenvalue weighted by Crippen LogP contribution is 2.16. The quantitative estimate of drug-likeness (QED) is 0.695. The smallest absolute Gasteiger partial charge is 0.312 e. The van der Waals surface area contributed by atoms with Crippen LogP contribution in [-0.2, 0) is 4.79 Å². The lowest BCUT2D eigenvalue weighted by atomic mass is 9.97. The van der Waals surface area contributed by atoms with Gasteiger partial charge in [-0.3, -0.25) is 4.79 Å². The van der Waals surface area contributed by atoms with Gasteiger partial charge in [-0.2, -0.15) is 0 Å². The minimum absolute atomic E-state index is 0.0336. The van der Waals surface area contributed by atoms with Crippen molar-refractivity contribution in [2.45, 2.75) is 25.3 Å². The number of benzene rings is 1. The third-order valence-electron chi connectivity index (χ3n) is 2.68. The Morgan fingerprint density at radius 3 is 2.41 bits per heavy atom. The summed E-state index contributed by atoms with van der Waals surface area (Å²) in [6.45, 7) is 3.93. The number of hydrogen-bond donors (Lipinski definition) is 3. The van der Waals surface area contributed by atoms with E-state index in [1.165, 1.54) is 0 Å². The van der Waals surface area contributed by atoms with E-state index in [0.29, 0.717) is 6.54 Å². The van der Waals surface area contributed by atoms with Gasteiger partial charge < -0.3 is 15.5 Å². The highest BCUT2D eigenvalue weighted by atomic mass is 16.4. The van der Waals surface area contributed by atoms with Crippen molar-refractivity contribution in [3.05, 3.63) is 35.9 Å². The van der Waals surface area contributed by atoms with Crippen molar-refractivity contribution in [1.29, 1.82) is 0 Å². The second-order valence-electron chi connectivity index (χ2n) is 4.72.